The first-order chi connectivity index (χ1) is 17.4. The number of hydrogen-bond acceptors (Lipinski definition) is 3. The zero-order valence-corrected chi connectivity index (χ0v) is 22.8. The summed E-state index contributed by atoms with van der Waals surface area (Å²) in [6, 6.07) is 24.7. The van der Waals surface area contributed by atoms with E-state index >= 15 is 0 Å². The molecular weight excluding hydrogens is 516 g/mol. The Balaban J connectivity index is 1.87. The van der Waals surface area contributed by atoms with Crippen molar-refractivity contribution in [3.8, 4) is 5.75 Å². The lowest BCUT2D eigenvalue weighted by molar-refractivity contribution is -0.142. The number of halogens is 1. The van der Waals surface area contributed by atoms with Crippen LogP contribution in [0.25, 0.3) is 0 Å². The highest BCUT2D eigenvalue weighted by atomic mass is 79.9. The Hall–Kier alpha value is -3.12. The lowest BCUT2D eigenvalue weighted by Gasteiger charge is -2.31. The third-order valence-electron chi connectivity index (χ3n) is 5.91. The minimum absolute atomic E-state index is 0.162. The number of ether oxygens (including phenoxy) is 1. The number of amides is 2. The molecule has 2 amide bonds. The maximum Gasteiger partial charge on any atom is 0.261 e. The van der Waals surface area contributed by atoms with Gasteiger partial charge in [-0.15, -0.1) is 0 Å². The molecule has 5 nitrogen and oxygen atoms in total. The van der Waals surface area contributed by atoms with Gasteiger partial charge < -0.3 is 15.0 Å². The smallest absolute Gasteiger partial charge is 0.261 e. The predicted octanol–water partition coefficient (Wildman–Crippen LogP) is 5.80. The normalized spacial score (nSPS) is 11.7. The van der Waals surface area contributed by atoms with E-state index in [9.17, 15) is 9.59 Å². The van der Waals surface area contributed by atoms with Gasteiger partial charge >= 0.3 is 0 Å². The number of carbonyl (C=O) groups excluding carboxylic acids is 2. The summed E-state index contributed by atoms with van der Waals surface area (Å²) in [4.78, 5) is 28.7. The predicted molar refractivity (Wildman–Crippen MR) is 148 cm³/mol. The van der Waals surface area contributed by atoms with Gasteiger partial charge in [-0.3, -0.25) is 9.59 Å². The topological polar surface area (TPSA) is 58.6 Å². The minimum Gasteiger partial charge on any atom is -0.483 e. The third-order valence-corrected chi connectivity index (χ3v) is 6.53. The molecule has 3 rings (SSSR count). The average Bonchev–Trinajstić information content (AvgIpc) is 2.89. The van der Waals surface area contributed by atoms with Gasteiger partial charge in [-0.05, 0) is 57.1 Å². The van der Waals surface area contributed by atoms with E-state index in [0.717, 1.165) is 22.0 Å². The van der Waals surface area contributed by atoms with Gasteiger partial charge in [0.15, 0.2) is 6.61 Å². The second kappa shape index (κ2) is 13.8. The second-order valence-corrected chi connectivity index (χ2v) is 10.1. The Morgan fingerprint density at radius 2 is 1.56 bits per heavy atom. The summed E-state index contributed by atoms with van der Waals surface area (Å²) >= 11 is 3.55. The Labute approximate surface area is 223 Å². The van der Waals surface area contributed by atoms with Crippen LogP contribution in [0.2, 0.25) is 0 Å². The number of nitrogens with one attached hydrogen (secondary N) is 1. The lowest BCUT2D eigenvalue weighted by atomic mass is 10.0. The average molecular weight is 552 g/mol. The molecule has 0 spiro atoms. The fourth-order valence-corrected chi connectivity index (χ4v) is 4.40. The maximum absolute atomic E-state index is 13.6. The summed E-state index contributed by atoms with van der Waals surface area (Å²) < 4.78 is 6.73. The first-order valence-corrected chi connectivity index (χ1v) is 13.2. The first kappa shape index (κ1) is 27.5. The van der Waals surface area contributed by atoms with Crippen molar-refractivity contribution in [3.63, 3.8) is 0 Å². The summed E-state index contributed by atoms with van der Waals surface area (Å²) in [5.41, 5.74) is 3.12. The summed E-state index contributed by atoms with van der Waals surface area (Å²) in [7, 11) is 0. The van der Waals surface area contributed by atoms with Crippen LogP contribution in [-0.4, -0.2) is 35.9 Å². The SMILES string of the molecule is CCc1ccc(OCC(=O)N(Cc2ccccc2)C(Cc2ccccc2)C(=O)NCC(C)C)c(Br)c1. The second-order valence-electron chi connectivity index (χ2n) is 9.26. The van der Waals surface area contributed by atoms with Crippen molar-refractivity contribution in [1.82, 2.24) is 10.2 Å². The van der Waals surface area contributed by atoms with Gasteiger partial charge in [-0.1, -0.05) is 87.5 Å². The van der Waals surface area contributed by atoms with Crippen molar-refractivity contribution in [2.75, 3.05) is 13.2 Å². The van der Waals surface area contributed by atoms with Crippen LogP contribution in [0.15, 0.2) is 83.3 Å². The molecule has 0 radical (unpaired) electrons. The summed E-state index contributed by atoms with van der Waals surface area (Å²) in [6.45, 7) is 6.88. The van der Waals surface area contributed by atoms with Gasteiger partial charge in [0.2, 0.25) is 5.91 Å². The van der Waals surface area contributed by atoms with Gasteiger partial charge in [-0.25, -0.2) is 0 Å². The van der Waals surface area contributed by atoms with E-state index in [1.165, 1.54) is 5.56 Å². The molecule has 3 aromatic carbocycles. The molecule has 0 aliphatic carbocycles. The Kier molecular flexibility index (Phi) is 10.6. The van der Waals surface area contributed by atoms with Crippen molar-refractivity contribution in [3.05, 3.63) is 100 Å². The van der Waals surface area contributed by atoms with Crippen LogP contribution in [0, 0.1) is 5.92 Å². The van der Waals surface area contributed by atoms with E-state index in [4.69, 9.17) is 4.74 Å². The highest BCUT2D eigenvalue weighted by Gasteiger charge is 2.30. The molecule has 36 heavy (non-hydrogen) atoms. The maximum atomic E-state index is 13.6. The summed E-state index contributed by atoms with van der Waals surface area (Å²) in [5.74, 6) is 0.497. The fraction of sp³-hybridized carbons (Fsp3) is 0.333. The minimum atomic E-state index is -0.673. The molecule has 0 bridgehead atoms. The van der Waals surface area contributed by atoms with Crippen LogP contribution in [0.3, 0.4) is 0 Å². The molecule has 1 unspecified atom stereocenters. The molecule has 190 valence electrons. The Bertz CT molecular complexity index is 1120. The Morgan fingerprint density at radius 1 is 0.917 bits per heavy atom. The van der Waals surface area contributed by atoms with E-state index in [1.807, 2.05) is 78.9 Å². The molecule has 0 saturated heterocycles. The van der Waals surface area contributed by atoms with Crippen molar-refractivity contribution in [1.29, 1.82) is 0 Å². The van der Waals surface area contributed by atoms with Crippen LogP contribution in [0.4, 0.5) is 0 Å². The molecule has 0 saturated carbocycles. The number of nitrogens with zero attached hydrogens (tertiary/aromatic N) is 1. The standard InChI is InChI=1S/C30H35BrN2O3/c1-4-23-15-16-28(26(31)17-23)36-21-29(34)33(20-25-13-9-6-10-14-25)27(30(35)32-19-22(2)3)18-24-11-7-5-8-12-24/h5-17,22,27H,4,18-21H2,1-3H3,(H,32,35). The van der Waals surface area contributed by atoms with E-state index in [1.54, 1.807) is 4.90 Å². The highest BCUT2D eigenvalue weighted by molar-refractivity contribution is 9.10. The van der Waals surface area contributed by atoms with Gasteiger partial charge in [0.25, 0.3) is 5.91 Å². The van der Waals surface area contributed by atoms with Gasteiger partial charge in [0.1, 0.15) is 11.8 Å². The van der Waals surface area contributed by atoms with Gasteiger partial charge in [0, 0.05) is 19.5 Å². The number of benzene rings is 3. The lowest BCUT2D eigenvalue weighted by Crippen LogP contribution is -2.52. The van der Waals surface area contributed by atoms with Crippen LogP contribution < -0.4 is 10.1 Å². The van der Waals surface area contributed by atoms with Crippen LogP contribution in [0.5, 0.6) is 5.75 Å². The van der Waals surface area contributed by atoms with Crippen molar-refractivity contribution >= 4 is 27.7 Å². The van der Waals surface area contributed by atoms with Gasteiger partial charge in [0.05, 0.1) is 4.47 Å². The number of carbonyl (C=O) groups is 2. The fourth-order valence-electron chi connectivity index (χ4n) is 3.86. The molecule has 1 N–H and O–H groups in total. The van der Waals surface area contributed by atoms with Crippen LogP contribution >= 0.6 is 15.9 Å². The molecule has 0 aromatic heterocycles. The molecule has 3 aromatic rings. The zero-order valence-electron chi connectivity index (χ0n) is 21.2. The third kappa shape index (κ3) is 8.23. The number of hydrogen-bond donors (Lipinski definition) is 1. The van der Waals surface area contributed by atoms with E-state index in [0.29, 0.717) is 31.2 Å². The molecule has 1 atom stereocenters. The van der Waals surface area contributed by atoms with Crippen molar-refractivity contribution in [2.45, 2.75) is 46.2 Å². The quantitative estimate of drug-likeness (QED) is 0.310. The molecule has 0 fully saturated rings. The molecule has 0 aliphatic heterocycles. The molecule has 6 heteroatoms. The summed E-state index contributed by atoms with van der Waals surface area (Å²) in [6.07, 6.45) is 1.33. The van der Waals surface area contributed by atoms with Crippen molar-refractivity contribution < 1.29 is 14.3 Å². The number of aryl methyl sites for hydroxylation is 1. The Morgan fingerprint density at radius 3 is 2.14 bits per heavy atom. The monoisotopic (exact) mass is 550 g/mol. The summed E-state index contributed by atoms with van der Waals surface area (Å²) in [5, 5.41) is 3.04. The van der Waals surface area contributed by atoms with Crippen molar-refractivity contribution in [2.24, 2.45) is 5.92 Å². The van der Waals surface area contributed by atoms with E-state index in [-0.39, 0.29) is 18.4 Å². The first-order valence-electron chi connectivity index (χ1n) is 12.4. The molecular formula is C30H35BrN2O3. The number of rotatable bonds is 12. The van der Waals surface area contributed by atoms with E-state index in [2.05, 4.69) is 42.0 Å². The van der Waals surface area contributed by atoms with E-state index < -0.39 is 6.04 Å². The van der Waals surface area contributed by atoms with Gasteiger partial charge in [-0.2, -0.15) is 0 Å². The molecule has 0 aliphatic rings. The molecule has 0 heterocycles. The zero-order chi connectivity index (χ0) is 25.9. The van der Waals surface area contributed by atoms with Crippen LogP contribution in [0.1, 0.15) is 37.5 Å². The highest BCUT2D eigenvalue weighted by Crippen LogP contribution is 2.26. The van der Waals surface area contributed by atoms with Crippen LogP contribution in [-0.2, 0) is 29.0 Å². The largest absolute Gasteiger partial charge is 0.483 e.